The Hall–Kier alpha value is -2.95. The number of nitrogens with two attached hydrogens (primary N) is 1. The second-order valence-corrected chi connectivity index (χ2v) is 8.23. The van der Waals surface area contributed by atoms with Crippen LogP contribution in [0.15, 0.2) is 42.6 Å². The van der Waals surface area contributed by atoms with Gasteiger partial charge in [0.2, 0.25) is 0 Å². The molecular weight excluding hydrogens is 364 g/mol. The SMILES string of the molecule is CC(Cc1cc(N)c(OC2CCCC2)c(-c2ccc3c(ccn3C)c2)c1)C(=O)O. The molecular formula is C24H28N2O3. The third-order valence-corrected chi connectivity index (χ3v) is 5.92. The lowest BCUT2D eigenvalue weighted by Crippen LogP contribution is -2.15. The Balaban J connectivity index is 1.79. The van der Waals surface area contributed by atoms with Crippen molar-refractivity contribution in [2.24, 2.45) is 13.0 Å². The summed E-state index contributed by atoms with van der Waals surface area (Å²) >= 11 is 0. The van der Waals surface area contributed by atoms with Crippen LogP contribution in [0.3, 0.4) is 0 Å². The van der Waals surface area contributed by atoms with Gasteiger partial charge in [0.05, 0.1) is 17.7 Å². The van der Waals surface area contributed by atoms with Gasteiger partial charge in [-0.25, -0.2) is 0 Å². The van der Waals surface area contributed by atoms with Gasteiger partial charge in [0, 0.05) is 29.7 Å². The first kappa shape index (κ1) is 19.4. The smallest absolute Gasteiger partial charge is 0.306 e. The number of carboxylic acids is 1. The number of ether oxygens (including phenoxy) is 1. The predicted octanol–water partition coefficient (Wildman–Crippen LogP) is 5.01. The van der Waals surface area contributed by atoms with E-state index in [-0.39, 0.29) is 6.10 Å². The summed E-state index contributed by atoms with van der Waals surface area (Å²) in [5.41, 5.74) is 11.1. The minimum absolute atomic E-state index is 0.195. The number of aromatic nitrogens is 1. The summed E-state index contributed by atoms with van der Waals surface area (Å²) in [5.74, 6) is -0.554. The van der Waals surface area contributed by atoms with Crippen LogP contribution in [-0.4, -0.2) is 21.7 Å². The Labute approximate surface area is 171 Å². The number of rotatable bonds is 6. The van der Waals surface area contributed by atoms with Gasteiger partial charge in [0.25, 0.3) is 0 Å². The molecule has 3 aromatic rings. The molecule has 152 valence electrons. The second kappa shape index (κ2) is 7.82. The summed E-state index contributed by atoms with van der Waals surface area (Å²) in [6.45, 7) is 1.72. The van der Waals surface area contributed by atoms with E-state index in [1.54, 1.807) is 6.92 Å². The number of nitrogens with zero attached hydrogens (tertiary/aromatic N) is 1. The minimum atomic E-state index is -0.804. The molecule has 1 aliphatic carbocycles. The van der Waals surface area contributed by atoms with E-state index in [1.165, 1.54) is 12.8 Å². The Morgan fingerprint density at radius 1 is 1.24 bits per heavy atom. The zero-order chi connectivity index (χ0) is 20.5. The van der Waals surface area contributed by atoms with Crippen molar-refractivity contribution in [3.63, 3.8) is 0 Å². The maximum Gasteiger partial charge on any atom is 0.306 e. The molecule has 1 saturated carbocycles. The minimum Gasteiger partial charge on any atom is -0.488 e. The number of aliphatic carboxylic acids is 1. The Bertz CT molecular complexity index is 1050. The van der Waals surface area contributed by atoms with Crippen molar-refractivity contribution < 1.29 is 14.6 Å². The quantitative estimate of drug-likeness (QED) is 0.578. The van der Waals surface area contributed by atoms with Crippen LogP contribution in [0.25, 0.3) is 22.0 Å². The number of anilines is 1. The molecule has 5 heteroatoms. The molecule has 0 amide bonds. The molecule has 0 radical (unpaired) electrons. The molecule has 1 aliphatic rings. The van der Waals surface area contributed by atoms with Gasteiger partial charge in [-0.2, -0.15) is 0 Å². The van der Waals surface area contributed by atoms with Gasteiger partial charge >= 0.3 is 5.97 Å². The standard InChI is InChI=1S/C24H28N2O3/c1-15(24(27)28)11-16-12-20(17-7-8-22-18(14-17)9-10-26(22)2)23(21(25)13-16)29-19-5-3-4-6-19/h7-10,12-15,19H,3-6,11,25H2,1-2H3,(H,27,28). The molecule has 1 unspecified atom stereocenters. The van der Waals surface area contributed by atoms with Gasteiger partial charge in [-0.3, -0.25) is 4.79 Å². The van der Waals surface area contributed by atoms with E-state index in [0.29, 0.717) is 12.1 Å². The first-order chi connectivity index (χ1) is 13.9. The van der Waals surface area contributed by atoms with Crippen LogP contribution >= 0.6 is 0 Å². The maximum absolute atomic E-state index is 11.3. The summed E-state index contributed by atoms with van der Waals surface area (Å²) in [6, 6.07) is 12.3. The van der Waals surface area contributed by atoms with Gasteiger partial charge in [-0.15, -0.1) is 0 Å². The highest BCUT2D eigenvalue weighted by atomic mass is 16.5. The third-order valence-electron chi connectivity index (χ3n) is 5.92. The summed E-state index contributed by atoms with van der Waals surface area (Å²) in [6.07, 6.45) is 7.14. The van der Waals surface area contributed by atoms with Crippen LogP contribution in [0.4, 0.5) is 5.69 Å². The highest BCUT2D eigenvalue weighted by Crippen LogP contribution is 2.40. The topological polar surface area (TPSA) is 77.5 Å². The fraction of sp³-hybridized carbons (Fsp3) is 0.375. The number of carbonyl (C=O) groups is 1. The van der Waals surface area contributed by atoms with E-state index >= 15 is 0 Å². The molecule has 4 rings (SSSR count). The van der Waals surface area contributed by atoms with Gasteiger partial charge in [0.1, 0.15) is 5.75 Å². The molecule has 0 aliphatic heterocycles. The highest BCUT2D eigenvalue weighted by Gasteiger charge is 2.22. The Morgan fingerprint density at radius 2 is 2.00 bits per heavy atom. The van der Waals surface area contributed by atoms with Crippen molar-refractivity contribution in [1.82, 2.24) is 4.57 Å². The molecule has 1 heterocycles. The molecule has 1 atom stereocenters. The van der Waals surface area contributed by atoms with E-state index in [2.05, 4.69) is 28.8 Å². The normalized spacial score (nSPS) is 15.7. The van der Waals surface area contributed by atoms with E-state index in [0.717, 1.165) is 46.2 Å². The fourth-order valence-electron chi connectivity index (χ4n) is 4.24. The highest BCUT2D eigenvalue weighted by molar-refractivity contribution is 5.88. The number of nitrogen functional groups attached to an aromatic ring is 1. The van der Waals surface area contributed by atoms with Crippen LogP contribution < -0.4 is 10.5 Å². The second-order valence-electron chi connectivity index (χ2n) is 8.23. The van der Waals surface area contributed by atoms with E-state index in [9.17, 15) is 9.90 Å². The molecule has 29 heavy (non-hydrogen) atoms. The summed E-state index contributed by atoms with van der Waals surface area (Å²) in [4.78, 5) is 11.3. The summed E-state index contributed by atoms with van der Waals surface area (Å²) in [7, 11) is 2.03. The zero-order valence-electron chi connectivity index (χ0n) is 17.0. The molecule has 1 aromatic heterocycles. The molecule has 3 N–H and O–H groups in total. The predicted molar refractivity (Wildman–Crippen MR) is 116 cm³/mol. The Morgan fingerprint density at radius 3 is 2.72 bits per heavy atom. The number of carboxylic acid groups (broad SMARTS) is 1. The zero-order valence-corrected chi connectivity index (χ0v) is 17.0. The lowest BCUT2D eigenvalue weighted by atomic mass is 9.95. The van der Waals surface area contributed by atoms with Crippen molar-refractivity contribution >= 4 is 22.6 Å². The number of hydrogen-bond acceptors (Lipinski definition) is 3. The number of benzene rings is 2. The lowest BCUT2D eigenvalue weighted by molar-refractivity contribution is -0.141. The van der Waals surface area contributed by atoms with E-state index < -0.39 is 11.9 Å². The molecule has 5 nitrogen and oxygen atoms in total. The van der Waals surface area contributed by atoms with Crippen LogP contribution in [0.1, 0.15) is 38.2 Å². The van der Waals surface area contributed by atoms with Crippen molar-refractivity contribution in [3.8, 4) is 16.9 Å². The van der Waals surface area contributed by atoms with E-state index in [1.807, 2.05) is 25.4 Å². The average molecular weight is 392 g/mol. The van der Waals surface area contributed by atoms with Gasteiger partial charge in [0.15, 0.2) is 0 Å². The third kappa shape index (κ3) is 3.95. The van der Waals surface area contributed by atoms with Crippen molar-refractivity contribution in [1.29, 1.82) is 0 Å². The van der Waals surface area contributed by atoms with Gasteiger partial charge in [-0.05, 0) is 73.6 Å². The first-order valence-corrected chi connectivity index (χ1v) is 10.3. The average Bonchev–Trinajstić information content (AvgIpc) is 3.33. The number of hydrogen-bond donors (Lipinski definition) is 2. The molecule has 1 fully saturated rings. The van der Waals surface area contributed by atoms with Crippen molar-refractivity contribution in [2.45, 2.75) is 45.1 Å². The van der Waals surface area contributed by atoms with Crippen molar-refractivity contribution in [2.75, 3.05) is 5.73 Å². The number of fused-ring (bicyclic) bond motifs is 1. The lowest BCUT2D eigenvalue weighted by Gasteiger charge is -2.20. The van der Waals surface area contributed by atoms with Crippen LogP contribution in [0.5, 0.6) is 5.75 Å². The van der Waals surface area contributed by atoms with Crippen LogP contribution in [-0.2, 0) is 18.3 Å². The maximum atomic E-state index is 11.3. The molecule has 2 aromatic carbocycles. The molecule has 0 bridgehead atoms. The van der Waals surface area contributed by atoms with Crippen LogP contribution in [0, 0.1) is 5.92 Å². The molecule has 0 saturated heterocycles. The monoisotopic (exact) mass is 392 g/mol. The summed E-state index contributed by atoms with van der Waals surface area (Å²) < 4.78 is 8.46. The summed E-state index contributed by atoms with van der Waals surface area (Å²) in [5, 5.41) is 10.5. The van der Waals surface area contributed by atoms with Crippen molar-refractivity contribution in [3.05, 3.63) is 48.2 Å². The number of aryl methyl sites for hydroxylation is 1. The van der Waals surface area contributed by atoms with Gasteiger partial charge in [-0.1, -0.05) is 13.0 Å². The largest absolute Gasteiger partial charge is 0.488 e. The van der Waals surface area contributed by atoms with E-state index in [4.69, 9.17) is 10.5 Å². The van der Waals surface area contributed by atoms with Crippen LogP contribution in [0.2, 0.25) is 0 Å². The first-order valence-electron chi connectivity index (χ1n) is 10.3. The Kier molecular flexibility index (Phi) is 5.22. The molecule has 0 spiro atoms. The van der Waals surface area contributed by atoms with Gasteiger partial charge < -0.3 is 20.1 Å². The fourth-order valence-corrected chi connectivity index (χ4v) is 4.24.